The van der Waals surface area contributed by atoms with E-state index >= 15 is 0 Å². The SMILES string of the molecule is Cc1cc(C)cc(NC(=O)N2CCCC(Cc3nc(-c4ccsc4)no3)C2)c1. The van der Waals surface area contributed by atoms with Crippen molar-refractivity contribution in [3.8, 4) is 11.4 Å². The Morgan fingerprint density at radius 2 is 2.14 bits per heavy atom. The highest BCUT2D eigenvalue weighted by Crippen LogP contribution is 2.24. The fourth-order valence-electron chi connectivity index (χ4n) is 3.76. The number of thiophene rings is 1. The van der Waals surface area contributed by atoms with Gasteiger partial charge in [0.2, 0.25) is 11.7 Å². The standard InChI is InChI=1S/C21H24N4O2S/c1-14-8-15(2)10-18(9-14)22-21(26)25-6-3-4-16(12-25)11-19-23-20(24-27-19)17-5-7-28-13-17/h5,7-10,13,16H,3-4,6,11-12H2,1-2H3,(H,22,26). The lowest BCUT2D eigenvalue weighted by atomic mass is 9.95. The number of likely N-dealkylation sites (tertiary alicyclic amines) is 1. The topological polar surface area (TPSA) is 71.3 Å². The van der Waals surface area contributed by atoms with Crippen LogP contribution in [-0.2, 0) is 6.42 Å². The Hall–Kier alpha value is -2.67. The summed E-state index contributed by atoms with van der Waals surface area (Å²) in [7, 11) is 0. The fraction of sp³-hybridized carbons (Fsp3) is 0.381. The summed E-state index contributed by atoms with van der Waals surface area (Å²) in [5, 5.41) is 11.1. The lowest BCUT2D eigenvalue weighted by Crippen LogP contribution is -2.42. The largest absolute Gasteiger partial charge is 0.339 e. The summed E-state index contributed by atoms with van der Waals surface area (Å²) in [6.07, 6.45) is 2.74. The van der Waals surface area contributed by atoms with Crippen molar-refractivity contribution in [1.29, 1.82) is 0 Å². The highest BCUT2D eigenvalue weighted by atomic mass is 32.1. The van der Waals surface area contributed by atoms with E-state index in [0.717, 1.165) is 41.8 Å². The maximum Gasteiger partial charge on any atom is 0.321 e. The third kappa shape index (κ3) is 4.42. The number of hydrogen-bond donors (Lipinski definition) is 1. The second-order valence-corrected chi connectivity index (χ2v) is 8.27. The van der Waals surface area contributed by atoms with E-state index in [1.54, 1.807) is 11.3 Å². The number of carbonyl (C=O) groups is 1. The van der Waals surface area contributed by atoms with Gasteiger partial charge in [0.1, 0.15) is 0 Å². The number of hydrogen-bond acceptors (Lipinski definition) is 5. The lowest BCUT2D eigenvalue weighted by molar-refractivity contribution is 0.173. The molecule has 28 heavy (non-hydrogen) atoms. The van der Waals surface area contributed by atoms with E-state index in [1.807, 2.05) is 47.7 Å². The summed E-state index contributed by atoms with van der Waals surface area (Å²) in [6, 6.07) is 8.03. The maximum atomic E-state index is 12.7. The van der Waals surface area contributed by atoms with Crippen LogP contribution in [0.3, 0.4) is 0 Å². The van der Waals surface area contributed by atoms with Crippen LogP contribution in [0.25, 0.3) is 11.4 Å². The monoisotopic (exact) mass is 396 g/mol. The molecule has 7 heteroatoms. The minimum Gasteiger partial charge on any atom is -0.339 e. The van der Waals surface area contributed by atoms with Gasteiger partial charge in [0.25, 0.3) is 0 Å². The van der Waals surface area contributed by atoms with Crippen LogP contribution in [-0.4, -0.2) is 34.2 Å². The van der Waals surface area contributed by atoms with Crippen molar-refractivity contribution in [3.05, 3.63) is 52.0 Å². The van der Waals surface area contributed by atoms with E-state index in [1.165, 1.54) is 0 Å². The zero-order valence-corrected chi connectivity index (χ0v) is 17.0. The molecule has 1 aromatic carbocycles. The summed E-state index contributed by atoms with van der Waals surface area (Å²) < 4.78 is 5.43. The first-order valence-electron chi connectivity index (χ1n) is 9.56. The maximum absolute atomic E-state index is 12.7. The van der Waals surface area contributed by atoms with Gasteiger partial charge < -0.3 is 14.7 Å². The Kier molecular flexibility index (Phi) is 5.43. The van der Waals surface area contributed by atoms with Crippen LogP contribution < -0.4 is 5.32 Å². The molecule has 3 heterocycles. The van der Waals surface area contributed by atoms with Gasteiger partial charge in [0.05, 0.1) is 0 Å². The van der Waals surface area contributed by atoms with Gasteiger partial charge in [-0.15, -0.1) is 0 Å². The van der Waals surface area contributed by atoms with Crippen LogP contribution in [0.2, 0.25) is 0 Å². The first-order chi connectivity index (χ1) is 13.6. The lowest BCUT2D eigenvalue weighted by Gasteiger charge is -2.32. The van der Waals surface area contributed by atoms with Gasteiger partial charge in [-0.2, -0.15) is 16.3 Å². The van der Waals surface area contributed by atoms with Crippen molar-refractivity contribution in [2.75, 3.05) is 18.4 Å². The molecule has 1 aliphatic rings. The average molecular weight is 397 g/mol. The highest BCUT2D eigenvalue weighted by molar-refractivity contribution is 7.08. The second-order valence-electron chi connectivity index (χ2n) is 7.49. The van der Waals surface area contributed by atoms with E-state index < -0.39 is 0 Å². The molecule has 3 aromatic rings. The molecular formula is C21H24N4O2S. The molecule has 2 amide bonds. The predicted octanol–water partition coefficient (Wildman–Crippen LogP) is 4.90. The summed E-state index contributed by atoms with van der Waals surface area (Å²) in [6.45, 7) is 5.55. The summed E-state index contributed by atoms with van der Waals surface area (Å²) in [5.41, 5.74) is 4.12. The number of benzene rings is 1. The Bertz CT molecular complexity index is 931. The third-order valence-corrected chi connectivity index (χ3v) is 5.67. The highest BCUT2D eigenvalue weighted by Gasteiger charge is 2.25. The molecule has 1 N–H and O–H groups in total. The number of aryl methyl sites for hydroxylation is 2. The Morgan fingerprint density at radius 3 is 2.89 bits per heavy atom. The van der Waals surface area contributed by atoms with Crippen LogP contribution in [0.15, 0.2) is 39.5 Å². The van der Waals surface area contributed by atoms with E-state index in [0.29, 0.717) is 30.6 Å². The van der Waals surface area contributed by atoms with Gasteiger partial charge >= 0.3 is 6.03 Å². The summed E-state index contributed by atoms with van der Waals surface area (Å²) in [5.74, 6) is 1.61. The van der Waals surface area contributed by atoms with E-state index in [-0.39, 0.29) is 6.03 Å². The van der Waals surface area contributed by atoms with Gasteiger partial charge in [-0.05, 0) is 67.3 Å². The smallest absolute Gasteiger partial charge is 0.321 e. The van der Waals surface area contributed by atoms with Crippen molar-refractivity contribution in [2.45, 2.75) is 33.1 Å². The first kappa shape index (κ1) is 18.7. The molecule has 1 atom stereocenters. The fourth-order valence-corrected chi connectivity index (χ4v) is 4.39. The van der Waals surface area contributed by atoms with Crippen molar-refractivity contribution >= 4 is 23.1 Å². The third-order valence-electron chi connectivity index (χ3n) is 4.99. The van der Waals surface area contributed by atoms with Gasteiger partial charge in [0, 0.05) is 36.1 Å². The van der Waals surface area contributed by atoms with Crippen LogP contribution in [0.5, 0.6) is 0 Å². The van der Waals surface area contributed by atoms with E-state index in [4.69, 9.17) is 4.52 Å². The molecule has 0 aliphatic carbocycles. The molecule has 6 nitrogen and oxygen atoms in total. The predicted molar refractivity (Wildman–Crippen MR) is 111 cm³/mol. The van der Waals surface area contributed by atoms with Gasteiger partial charge in [-0.1, -0.05) is 11.2 Å². The molecule has 1 fully saturated rings. The molecule has 0 saturated carbocycles. The van der Waals surface area contributed by atoms with Gasteiger partial charge in [-0.25, -0.2) is 4.79 Å². The zero-order valence-electron chi connectivity index (χ0n) is 16.1. The van der Waals surface area contributed by atoms with Gasteiger partial charge in [-0.3, -0.25) is 0 Å². The minimum absolute atomic E-state index is 0.0424. The second kappa shape index (κ2) is 8.14. The van der Waals surface area contributed by atoms with Crippen molar-refractivity contribution in [1.82, 2.24) is 15.0 Å². The molecule has 1 saturated heterocycles. The number of urea groups is 1. The number of nitrogens with one attached hydrogen (secondary N) is 1. The molecule has 4 rings (SSSR count). The number of carbonyl (C=O) groups excluding carboxylic acids is 1. The molecule has 2 aromatic heterocycles. The molecular weight excluding hydrogens is 372 g/mol. The zero-order chi connectivity index (χ0) is 19.5. The van der Waals surface area contributed by atoms with Crippen molar-refractivity contribution in [3.63, 3.8) is 0 Å². The van der Waals surface area contributed by atoms with Gasteiger partial charge in [0.15, 0.2) is 0 Å². The molecule has 0 bridgehead atoms. The molecule has 1 unspecified atom stereocenters. The number of anilines is 1. The minimum atomic E-state index is -0.0424. The van der Waals surface area contributed by atoms with Crippen LogP contribution in [0.4, 0.5) is 10.5 Å². The first-order valence-corrected chi connectivity index (χ1v) is 10.5. The number of rotatable bonds is 4. The van der Waals surface area contributed by atoms with Crippen LogP contribution in [0, 0.1) is 19.8 Å². The number of nitrogens with zero attached hydrogens (tertiary/aromatic N) is 3. The average Bonchev–Trinajstić information content (AvgIpc) is 3.32. The van der Waals surface area contributed by atoms with Crippen molar-refractivity contribution in [2.24, 2.45) is 5.92 Å². The number of aromatic nitrogens is 2. The normalized spacial score (nSPS) is 16.9. The molecule has 0 spiro atoms. The molecule has 146 valence electrons. The molecule has 0 radical (unpaired) electrons. The van der Waals surface area contributed by atoms with E-state index in [9.17, 15) is 4.79 Å². The summed E-state index contributed by atoms with van der Waals surface area (Å²) in [4.78, 5) is 19.1. The van der Waals surface area contributed by atoms with Crippen LogP contribution >= 0.6 is 11.3 Å². The Morgan fingerprint density at radius 1 is 1.32 bits per heavy atom. The Labute approximate surface area is 168 Å². The van der Waals surface area contributed by atoms with Crippen molar-refractivity contribution < 1.29 is 9.32 Å². The number of amides is 2. The summed E-state index contributed by atoms with van der Waals surface area (Å²) >= 11 is 1.61. The Balaban J connectivity index is 1.37. The van der Waals surface area contributed by atoms with E-state index in [2.05, 4.69) is 21.5 Å². The molecule has 1 aliphatic heterocycles. The number of piperidine rings is 1. The van der Waals surface area contributed by atoms with Crippen LogP contribution in [0.1, 0.15) is 29.9 Å². The quantitative estimate of drug-likeness (QED) is 0.681.